The van der Waals surface area contributed by atoms with Gasteiger partial charge in [0.05, 0.1) is 4.90 Å². The van der Waals surface area contributed by atoms with E-state index in [0.717, 1.165) is 11.1 Å². The summed E-state index contributed by atoms with van der Waals surface area (Å²) in [5, 5.41) is 0.390. The van der Waals surface area contributed by atoms with Crippen molar-refractivity contribution < 1.29 is 13.2 Å². The molecule has 0 atom stereocenters. The molecule has 4 rings (SSSR count). The Kier molecular flexibility index (Phi) is 3.86. The van der Waals surface area contributed by atoms with E-state index in [1.54, 1.807) is 43.3 Å². The number of carbonyl (C=O) groups is 1. The number of carbonyl (C=O) groups excluding carboxylic acids is 1. The van der Waals surface area contributed by atoms with Gasteiger partial charge in [0.25, 0.3) is 10.0 Å². The molecule has 130 valence electrons. The molecule has 1 aliphatic rings. The second-order valence-corrected chi connectivity index (χ2v) is 8.16. The fourth-order valence-electron chi connectivity index (χ4n) is 3.18. The summed E-state index contributed by atoms with van der Waals surface area (Å²) in [5.41, 5.74) is 3.64. The van der Waals surface area contributed by atoms with Gasteiger partial charge in [-0.05, 0) is 53.9 Å². The van der Waals surface area contributed by atoms with Crippen LogP contribution in [0.4, 0.5) is 5.69 Å². The lowest BCUT2D eigenvalue weighted by atomic mass is 10.1. The van der Waals surface area contributed by atoms with Crippen LogP contribution >= 0.6 is 11.6 Å². The lowest BCUT2D eigenvalue weighted by Gasteiger charge is -2.12. The molecule has 0 spiro atoms. The van der Waals surface area contributed by atoms with Crippen molar-refractivity contribution in [3.63, 3.8) is 0 Å². The highest BCUT2D eigenvalue weighted by atomic mass is 35.5. The number of halogens is 1. The number of sulfonamides is 1. The van der Waals surface area contributed by atoms with Gasteiger partial charge in [0.1, 0.15) is 0 Å². The van der Waals surface area contributed by atoms with Crippen LogP contribution in [0, 0.1) is 6.92 Å². The van der Waals surface area contributed by atoms with E-state index in [1.807, 2.05) is 18.2 Å². The van der Waals surface area contributed by atoms with Crippen molar-refractivity contribution in [3.05, 3.63) is 82.4 Å². The predicted molar refractivity (Wildman–Crippen MR) is 102 cm³/mol. The molecule has 0 saturated heterocycles. The Morgan fingerprint density at radius 3 is 2.31 bits per heavy atom. The maximum Gasteiger partial charge on any atom is 0.262 e. The Hall–Kier alpha value is -2.63. The smallest absolute Gasteiger partial charge is 0.262 e. The molecule has 6 heteroatoms. The molecular formula is C20H14ClNO3S. The largest absolute Gasteiger partial charge is 0.289 e. The summed E-state index contributed by atoms with van der Waals surface area (Å²) in [5.74, 6) is -0.0457. The van der Waals surface area contributed by atoms with E-state index in [9.17, 15) is 13.2 Å². The van der Waals surface area contributed by atoms with Crippen molar-refractivity contribution in [2.24, 2.45) is 0 Å². The summed E-state index contributed by atoms with van der Waals surface area (Å²) in [6.07, 6.45) is 0. The molecule has 0 unspecified atom stereocenters. The monoisotopic (exact) mass is 383 g/mol. The van der Waals surface area contributed by atoms with Crippen LogP contribution in [0.15, 0.2) is 65.6 Å². The molecule has 0 fully saturated rings. The molecule has 0 saturated carbocycles. The molecule has 0 bridgehead atoms. The molecule has 0 amide bonds. The normalized spacial score (nSPS) is 12.6. The van der Waals surface area contributed by atoms with Gasteiger partial charge in [-0.1, -0.05) is 41.9 Å². The highest BCUT2D eigenvalue weighted by Crippen LogP contribution is 2.38. The summed E-state index contributed by atoms with van der Waals surface area (Å²) in [7, 11) is -3.79. The maximum atomic E-state index is 12.7. The zero-order valence-electron chi connectivity index (χ0n) is 13.8. The Balaban J connectivity index is 1.76. The summed E-state index contributed by atoms with van der Waals surface area (Å²) in [6, 6.07) is 17.0. The van der Waals surface area contributed by atoms with Gasteiger partial charge >= 0.3 is 0 Å². The average Bonchev–Trinajstić information content (AvgIpc) is 2.90. The SMILES string of the molecule is Cc1c(Cl)cccc1S(=O)(=O)Nc1ccc2c(c1)-c1ccccc1C2=O. The lowest BCUT2D eigenvalue weighted by Crippen LogP contribution is -2.14. The van der Waals surface area contributed by atoms with Crippen molar-refractivity contribution in [1.82, 2.24) is 0 Å². The molecule has 1 N–H and O–H groups in total. The first-order valence-electron chi connectivity index (χ1n) is 7.94. The molecule has 1 aliphatic carbocycles. The van der Waals surface area contributed by atoms with Gasteiger partial charge in [-0.2, -0.15) is 0 Å². The van der Waals surface area contributed by atoms with E-state index in [0.29, 0.717) is 27.4 Å². The van der Waals surface area contributed by atoms with Gasteiger partial charge in [-0.25, -0.2) is 8.42 Å². The van der Waals surface area contributed by atoms with E-state index in [2.05, 4.69) is 4.72 Å². The fourth-order valence-corrected chi connectivity index (χ4v) is 4.73. The van der Waals surface area contributed by atoms with Crippen LogP contribution in [-0.4, -0.2) is 14.2 Å². The quantitative estimate of drug-likeness (QED) is 0.559. The molecule has 3 aromatic carbocycles. The molecule has 3 aromatic rings. The standard InChI is InChI=1S/C20H14ClNO3S/c1-12-18(21)7-4-8-19(12)26(24,25)22-13-9-10-16-17(11-13)14-5-2-3-6-15(14)20(16)23/h2-11,22H,1H3. The maximum absolute atomic E-state index is 12.7. The predicted octanol–water partition coefficient (Wildman–Crippen LogP) is 4.66. The third-order valence-electron chi connectivity index (χ3n) is 4.49. The van der Waals surface area contributed by atoms with E-state index in [1.165, 1.54) is 6.07 Å². The van der Waals surface area contributed by atoms with Crippen LogP contribution in [-0.2, 0) is 10.0 Å². The van der Waals surface area contributed by atoms with Crippen LogP contribution in [0.25, 0.3) is 11.1 Å². The van der Waals surface area contributed by atoms with Crippen LogP contribution in [0.2, 0.25) is 5.02 Å². The van der Waals surface area contributed by atoms with Crippen molar-refractivity contribution in [1.29, 1.82) is 0 Å². The highest BCUT2D eigenvalue weighted by molar-refractivity contribution is 7.92. The van der Waals surface area contributed by atoms with Gasteiger partial charge in [-0.15, -0.1) is 0 Å². The minimum absolute atomic E-state index is 0.0457. The first-order valence-corrected chi connectivity index (χ1v) is 9.81. The summed E-state index contributed by atoms with van der Waals surface area (Å²) < 4.78 is 28.1. The van der Waals surface area contributed by atoms with E-state index < -0.39 is 10.0 Å². The van der Waals surface area contributed by atoms with Crippen molar-refractivity contribution >= 4 is 33.1 Å². The Morgan fingerprint density at radius 1 is 0.846 bits per heavy atom. The van der Waals surface area contributed by atoms with E-state index in [-0.39, 0.29) is 10.7 Å². The molecule has 4 nitrogen and oxygen atoms in total. The van der Waals surface area contributed by atoms with E-state index >= 15 is 0 Å². The van der Waals surface area contributed by atoms with E-state index in [4.69, 9.17) is 11.6 Å². The van der Waals surface area contributed by atoms with Gasteiger partial charge < -0.3 is 0 Å². The molecule has 0 heterocycles. The zero-order valence-corrected chi connectivity index (χ0v) is 15.4. The van der Waals surface area contributed by atoms with Gasteiger partial charge in [-0.3, -0.25) is 9.52 Å². The minimum atomic E-state index is -3.79. The molecule has 26 heavy (non-hydrogen) atoms. The summed E-state index contributed by atoms with van der Waals surface area (Å²) >= 11 is 6.04. The van der Waals surface area contributed by atoms with Gasteiger partial charge in [0.2, 0.25) is 0 Å². The van der Waals surface area contributed by atoms with Crippen molar-refractivity contribution in [2.45, 2.75) is 11.8 Å². The third kappa shape index (κ3) is 2.60. The molecule has 0 aromatic heterocycles. The Bertz CT molecular complexity index is 1170. The highest BCUT2D eigenvalue weighted by Gasteiger charge is 2.27. The van der Waals surface area contributed by atoms with Crippen molar-refractivity contribution in [2.75, 3.05) is 4.72 Å². The molecule has 0 radical (unpaired) electrons. The summed E-state index contributed by atoms with van der Waals surface area (Å²) in [6.45, 7) is 1.66. The average molecular weight is 384 g/mol. The van der Waals surface area contributed by atoms with Gasteiger partial charge in [0.15, 0.2) is 5.78 Å². The second-order valence-electron chi connectivity index (χ2n) is 6.10. The number of nitrogens with one attached hydrogen (secondary N) is 1. The Labute approximate surface area is 156 Å². The molecular weight excluding hydrogens is 370 g/mol. The fraction of sp³-hybridized carbons (Fsp3) is 0.0500. The number of benzene rings is 3. The number of anilines is 1. The first kappa shape index (κ1) is 16.8. The number of hydrogen-bond donors (Lipinski definition) is 1. The third-order valence-corrected chi connectivity index (χ3v) is 6.42. The van der Waals surface area contributed by atoms with Crippen molar-refractivity contribution in [3.8, 4) is 11.1 Å². The second kappa shape index (κ2) is 5.97. The van der Waals surface area contributed by atoms with Crippen LogP contribution in [0.5, 0.6) is 0 Å². The zero-order chi connectivity index (χ0) is 18.5. The van der Waals surface area contributed by atoms with Crippen LogP contribution in [0.3, 0.4) is 0 Å². The van der Waals surface area contributed by atoms with Gasteiger partial charge in [0, 0.05) is 21.8 Å². The minimum Gasteiger partial charge on any atom is -0.289 e. The number of hydrogen-bond acceptors (Lipinski definition) is 3. The van der Waals surface area contributed by atoms with Crippen LogP contribution in [0.1, 0.15) is 21.5 Å². The molecule has 0 aliphatic heterocycles. The summed E-state index contributed by atoms with van der Waals surface area (Å²) in [4.78, 5) is 12.6. The number of rotatable bonds is 3. The topological polar surface area (TPSA) is 63.2 Å². The van der Waals surface area contributed by atoms with Crippen LogP contribution < -0.4 is 4.72 Å². The first-order chi connectivity index (χ1) is 12.4. The Morgan fingerprint density at radius 2 is 1.54 bits per heavy atom. The number of fused-ring (bicyclic) bond motifs is 3. The lowest BCUT2D eigenvalue weighted by molar-refractivity contribution is 0.104. The number of ketones is 1.